The van der Waals surface area contributed by atoms with Gasteiger partial charge in [0.1, 0.15) is 5.75 Å². The third-order valence-corrected chi connectivity index (χ3v) is 2.16. The molecule has 0 aliphatic carbocycles. The van der Waals surface area contributed by atoms with Crippen molar-refractivity contribution in [2.24, 2.45) is 0 Å². The summed E-state index contributed by atoms with van der Waals surface area (Å²) in [5, 5.41) is 11.7. The number of amides is 1. The molecule has 0 saturated carbocycles. The average Bonchev–Trinajstić information content (AvgIpc) is 2.27. The summed E-state index contributed by atoms with van der Waals surface area (Å²) in [6.45, 7) is 3.87. The number of para-hydroxylation sites is 1. The summed E-state index contributed by atoms with van der Waals surface area (Å²) in [4.78, 5) is 11.4. The van der Waals surface area contributed by atoms with Crippen molar-refractivity contribution in [1.29, 1.82) is 0 Å². The second-order valence-electron chi connectivity index (χ2n) is 4.09. The molecule has 0 aliphatic heterocycles. The summed E-state index contributed by atoms with van der Waals surface area (Å²) in [5.41, 5.74) is 0.910. The van der Waals surface area contributed by atoms with Crippen LogP contribution in [0, 0.1) is 0 Å². The summed E-state index contributed by atoms with van der Waals surface area (Å²) in [6, 6.07) is 7.51. The van der Waals surface area contributed by atoms with Crippen LogP contribution in [0.3, 0.4) is 0 Å². The number of nitrogens with one attached hydrogen (secondary N) is 1. The van der Waals surface area contributed by atoms with E-state index in [9.17, 15) is 4.79 Å². The molecular formula is C13H19NO3. The Bertz CT molecular complexity index is 363. The molecule has 0 fully saturated rings. The van der Waals surface area contributed by atoms with E-state index in [2.05, 4.69) is 5.32 Å². The predicted molar refractivity (Wildman–Crippen MR) is 66.0 cm³/mol. The Kier molecular flexibility index (Phi) is 5.49. The Morgan fingerprint density at radius 2 is 2.12 bits per heavy atom. The first-order chi connectivity index (χ1) is 8.13. The number of benzene rings is 1. The molecular weight excluding hydrogens is 218 g/mol. The van der Waals surface area contributed by atoms with Crippen LogP contribution >= 0.6 is 0 Å². The molecule has 0 saturated heterocycles. The van der Waals surface area contributed by atoms with E-state index in [1.807, 2.05) is 32.0 Å². The number of hydrogen-bond acceptors (Lipinski definition) is 3. The number of aliphatic hydroxyl groups is 1. The van der Waals surface area contributed by atoms with Gasteiger partial charge in [-0.25, -0.2) is 0 Å². The lowest BCUT2D eigenvalue weighted by atomic mass is 10.1. The first-order valence-corrected chi connectivity index (χ1v) is 5.74. The van der Waals surface area contributed by atoms with E-state index in [4.69, 9.17) is 9.84 Å². The van der Waals surface area contributed by atoms with Gasteiger partial charge in [-0.2, -0.15) is 0 Å². The normalized spacial score (nSPS) is 10.4. The highest BCUT2D eigenvalue weighted by atomic mass is 16.5. The molecule has 2 N–H and O–H groups in total. The van der Waals surface area contributed by atoms with Gasteiger partial charge in [0.2, 0.25) is 0 Å². The number of hydrogen-bond donors (Lipinski definition) is 2. The van der Waals surface area contributed by atoms with Crippen LogP contribution in [0.2, 0.25) is 0 Å². The van der Waals surface area contributed by atoms with Crippen molar-refractivity contribution >= 4 is 5.91 Å². The maximum atomic E-state index is 11.4. The van der Waals surface area contributed by atoms with Crippen LogP contribution in [0.1, 0.15) is 19.4 Å². The third-order valence-electron chi connectivity index (χ3n) is 2.16. The lowest BCUT2D eigenvalue weighted by Crippen LogP contribution is -2.34. The van der Waals surface area contributed by atoms with Crippen LogP contribution in [0.15, 0.2) is 24.3 Å². The first kappa shape index (κ1) is 13.5. The van der Waals surface area contributed by atoms with Crippen molar-refractivity contribution in [3.8, 4) is 5.75 Å². The average molecular weight is 237 g/mol. The molecule has 0 aromatic heterocycles. The van der Waals surface area contributed by atoms with Crippen LogP contribution in [0.25, 0.3) is 0 Å². The van der Waals surface area contributed by atoms with E-state index in [-0.39, 0.29) is 25.2 Å². The van der Waals surface area contributed by atoms with Crippen molar-refractivity contribution < 1.29 is 14.6 Å². The molecule has 17 heavy (non-hydrogen) atoms. The highest BCUT2D eigenvalue weighted by Gasteiger charge is 2.06. The van der Waals surface area contributed by atoms with Gasteiger partial charge < -0.3 is 15.2 Å². The Labute approximate surface area is 102 Å². The molecule has 1 aromatic carbocycles. The molecule has 0 aliphatic rings. The zero-order valence-corrected chi connectivity index (χ0v) is 10.3. The molecule has 1 amide bonds. The van der Waals surface area contributed by atoms with Gasteiger partial charge in [0, 0.05) is 12.6 Å². The number of aliphatic hydroxyl groups excluding tert-OH is 1. The van der Waals surface area contributed by atoms with E-state index in [0.29, 0.717) is 12.2 Å². The van der Waals surface area contributed by atoms with E-state index in [0.717, 1.165) is 5.56 Å². The first-order valence-electron chi connectivity index (χ1n) is 5.74. The Morgan fingerprint density at radius 3 is 2.76 bits per heavy atom. The molecule has 0 atom stereocenters. The molecule has 0 unspecified atom stereocenters. The van der Waals surface area contributed by atoms with Crippen molar-refractivity contribution in [3.05, 3.63) is 29.8 Å². The number of ether oxygens (including phenoxy) is 1. The minimum Gasteiger partial charge on any atom is -0.483 e. The van der Waals surface area contributed by atoms with Crippen molar-refractivity contribution in [3.63, 3.8) is 0 Å². The highest BCUT2D eigenvalue weighted by Crippen LogP contribution is 2.17. The summed E-state index contributed by atoms with van der Waals surface area (Å²) < 4.78 is 5.43. The molecule has 94 valence electrons. The minimum atomic E-state index is -0.140. The molecule has 4 nitrogen and oxygen atoms in total. The topological polar surface area (TPSA) is 58.6 Å². The van der Waals surface area contributed by atoms with E-state index < -0.39 is 0 Å². The molecule has 1 rings (SSSR count). The van der Waals surface area contributed by atoms with Gasteiger partial charge in [0.25, 0.3) is 5.91 Å². The molecule has 0 spiro atoms. The monoisotopic (exact) mass is 237 g/mol. The fraction of sp³-hybridized carbons (Fsp3) is 0.462. The van der Waals surface area contributed by atoms with Crippen LogP contribution in [0.4, 0.5) is 0 Å². The fourth-order valence-electron chi connectivity index (χ4n) is 1.48. The van der Waals surface area contributed by atoms with Gasteiger partial charge in [0.15, 0.2) is 6.61 Å². The van der Waals surface area contributed by atoms with Crippen LogP contribution in [-0.4, -0.2) is 30.3 Å². The standard InChI is InChI=1S/C13H19NO3/c1-10(2)14-13(16)9-17-12-6-4-3-5-11(12)7-8-15/h3-6,10,15H,7-9H2,1-2H3,(H,14,16). The summed E-state index contributed by atoms with van der Waals surface area (Å²) >= 11 is 0. The van der Waals surface area contributed by atoms with E-state index >= 15 is 0 Å². The Balaban J connectivity index is 2.53. The van der Waals surface area contributed by atoms with Crippen LogP contribution in [-0.2, 0) is 11.2 Å². The highest BCUT2D eigenvalue weighted by molar-refractivity contribution is 5.77. The molecule has 4 heteroatoms. The minimum absolute atomic E-state index is 0.000617. The summed E-state index contributed by atoms with van der Waals surface area (Å²) in [7, 11) is 0. The van der Waals surface area contributed by atoms with Gasteiger partial charge in [-0.1, -0.05) is 18.2 Å². The summed E-state index contributed by atoms with van der Waals surface area (Å²) in [6.07, 6.45) is 0.530. The smallest absolute Gasteiger partial charge is 0.258 e. The number of carbonyl (C=O) groups is 1. The van der Waals surface area contributed by atoms with Gasteiger partial charge in [0.05, 0.1) is 0 Å². The van der Waals surface area contributed by atoms with Gasteiger partial charge in [-0.05, 0) is 31.9 Å². The van der Waals surface area contributed by atoms with Gasteiger partial charge in [-0.3, -0.25) is 4.79 Å². The Morgan fingerprint density at radius 1 is 1.41 bits per heavy atom. The van der Waals surface area contributed by atoms with Crippen molar-refractivity contribution in [1.82, 2.24) is 5.32 Å². The molecule has 1 aromatic rings. The van der Waals surface area contributed by atoms with E-state index in [1.165, 1.54) is 0 Å². The molecule has 0 heterocycles. The quantitative estimate of drug-likeness (QED) is 0.779. The van der Waals surface area contributed by atoms with Crippen molar-refractivity contribution in [2.75, 3.05) is 13.2 Å². The SMILES string of the molecule is CC(C)NC(=O)COc1ccccc1CCO. The predicted octanol–water partition coefficient (Wildman–Crippen LogP) is 1.12. The lowest BCUT2D eigenvalue weighted by molar-refractivity contribution is -0.123. The maximum absolute atomic E-state index is 11.4. The second-order valence-corrected chi connectivity index (χ2v) is 4.09. The second kappa shape index (κ2) is 6.91. The number of rotatable bonds is 6. The largest absolute Gasteiger partial charge is 0.483 e. The van der Waals surface area contributed by atoms with Gasteiger partial charge >= 0.3 is 0 Å². The molecule has 0 radical (unpaired) electrons. The zero-order chi connectivity index (χ0) is 12.7. The van der Waals surface area contributed by atoms with Crippen LogP contribution < -0.4 is 10.1 Å². The number of carbonyl (C=O) groups excluding carboxylic acids is 1. The Hall–Kier alpha value is -1.55. The third kappa shape index (κ3) is 4.87. The van der Waals surface area contributed by atoms with E-state index in [1.54, 1.807) is 6.07 Å². The maximum Gasteiger partial charge on any atom is 0.258 e. The van der Waals surface area contributed by atoms with Crippen LogP contribution in [0.5, 0.6) is 5.75 Å². The lowest BCUT2D eigenvalue weighted by Gasteiger charge is -2.12. The summed E-state index contributed by atoms with van der Waals surface area (Å²) in [5.74, 6) is 0.513. The van der Waals surface area contributed by atoms with Crippen molar-refractivity contribution in [2.45, 2.75) is 26.3 Å². The van der Waals surface area contributed by atoms with Gasteiger partial charge in [-0.15, -0.1) is 0 Å². The molecule has 0 bridgehead atoms. The fourth-order valence-corrected chi connectivity index (χ4v) is 1.48. The zero-order valence-electron chi connectivity index (χ0n) is 10.3.